The predicted octanol–water partition coefficient (Wildman–Crippen LogP) is 1.37. The van der Waals surface area contributed by atoms with Gasteiger partial charge in [0.25, 0.3) is 0 Å². The van der Waals surface area contributed by atoms with Crippen LogP contribution >= 0.6 is 0 Å². The highest BCUT2D eigenvalue weighted by Gasteiger charge is 2.33. The van der Waals surface area contributed by atoms with Crippen molar-refractivity contribution < 1.29 is 14.6 Å². The lowest BCUT2D eigenvalue weighted by Gasteiger charge is -2.12. The third-order valence-electron chi connectivity index (χ3n) is 3.78. The second-order valence-electron chi connectivity index (χ2n) is 5.09. The van der Waals surface area contributed by atoms with E-state index in [0.29, 0.717) is 5.56 Å². The maximum Gasteiger partial charge on any atom is 0.339 e. The first-order chi connectivity index (χ1) is 8.69. The highest BCUT2D eigenvalue weighted by molar-refractivity contribution is 5.76. The topological polar surface area (TPSA) is 49.8 Å². The van der Waals surface area contributed by atoms with Crippen molar-refractivity contribution in [2.24, 2.45) is 0 Å². The normalized spacial score (nSPS) is 20.6. The molecule has 1 N–H and O–H groups in total. The standard InChI is InChI=1S/C14H17NO3/c1-18-14(17)13(16)9-2-3-10-7-15(12-4-5-12)8-11(10)6-9/h2-3,6,12-13,16H,4-5,7-8H2,1H3. The summed E-state index contributed by atoms with van der Waals surface area (Å²) in [6.07, 6.45) is 1.42. The average molecular weight is 247 g/mol. The van der Waals surface area contributed by atoms with E-state index >= 15 is 0 Å². The van der Waals surface area contributed by atoms with Crippen LogP contribution in [0.4, 0.5) is 0 Å². The maximum absolute atomic E-state index is 11.3. The predicted molar refractivity (Wildman–Crippen MR) is 65.7 cm³/mol. The molecule has 4 heteroatoms. The number of hydrogen-bond donors (Lipinski definition) is 1. The third kappa shape index (κ3) is 2.02. The van der Waals surface area contributed by atoms with E-state index in [1.165, 1.54) is 31.1 Å². The number of aliphatic hydroxyl groups is 1. The molecule has 4 nitrogen and oxygen atoms in total. The molecule has 1 unspecified atom stereocenters. The van der Waals surface area contributed by atoms with Crippen LogP contribution in [0, 0.1) is 0 Å². The first-order valence-electron chi connectivity index (χ1n) is 6.30. The fourth-order valence-corrected chi connectivity index (χ4v) is 2.56. The van der Waals surface area contributed by atoms with Gasteiger partial charge in [0.1, 0.15) is 0 Å². The smallest absolute Gasteiger partial charge is 0.339 e. The number of methoxy groups -OCH3 is 1. The molecule has 1 saturated carbocycles. The maximum atomic E-state index is 11.3. The minimum atomic E-state index is -1.17. The zero-order chi connectivity index (χ0) is 12.7. The molecule has 0 bridgehead atoms. The SMILES string of the molecule is COC(=O)C(O)c1ccc2c(c1)CN(C1CC1)C2. The minimum Gasteiger partial charge on any atom is -0.467 e. The number of hydrogen-bond acceptors (Lipinski definition) is 4. The van der Waals surface area contributed by atoms with Crippen LogP contribution in [0.5, 0.6) is 0 Å². The fourth-order valence-electron chi connectivity index (χ4n) is 2.56. The molecule has 0 aromatic heterocycles. The molecule has 18 heavy (non-hydrogen) atoms. The summed E-state index contributed by atoms with van der Waals surface area (Å²) in [6, 6.07) is 6.50. The number of benzene rings is 1. The second kappa shape index (κ2) is 4.37. The Kier molecular flexibility index (Phi) is 2.84. The molecule has 1 atom stereocenters. The monoisotopic (exact) mass is 247 g/mol. The number of fused-ring (bicyclic) bond motifs is 1. The molecule has 1 aromatic rings. The average Bonchev–Trinajstić information content (AvgIpc) is 3.16. The van der Waals surface area contributed by atoms with Gasteiger partial charge in [-0.15, -0.1) is 0 Å². The Bertz CT molecular complexity index is 482. The van der Waals surface area contributed by atoms with Gasteiger partial charge in [0.05, 0.1) is 7.11 Å². The van der Waals surface area contributed by atoms with Crippen molar-refractivity contribution in [1.82, 2.24) is 4.90 Å². The van der Waals surface area contributed by atoms with Crippen LogP contribution in [0.2, 0.25) is 0 Å². The first-order valence-corrected chi connectivity index (χ1v) is 6.30. The first kappa shape index (κ1) is 11.7. The van der Waals surface area contributed by atoms with E-state index in [0.717, 1.165) is 19.1 Å². The van der Waals surface area contributed by atoms with Crippen LogP contribution < -0.4 is 0 Å². The lowest BCUT2D eigenvalue weighted by molar-refractivity contribution is -0.150. The summed E-state index contributed by atoms with van der Waals surface area (Å²) in [7, 11) is 1.29. The summed E-state index contributed by atoms with van der Waals surface area (Å²) in [4.78, 5) is 13.8. The van der Waals surface area contributed by atoms with Gasteiger partial charge in [0.2, 0.25) is 0 Å². The number of rotatable bonds is 3. The molecule has 0 saturated heterocycles. The number of carbonyl (C=O) groups excluding carboxylic acids is 1. The molecule has 2 aliphatic rings. The number of aliphatic hydroxyl groups excluding tert-OH is 1. The highest BCUT2D eigenvalue weighted by atomic mass is 16.5. The lowest BCUT2D eigenvalue weighted by atomic mass is 10.0. The molecular weight excluding hydrogens is 230 g/mol. The van der Waals surface area contributed by atoms with E-state index in [1.54, 1.807) is 0 Å². The van der Waals surface area contributed by atoms with E-state index < -0.39 is 12.1 Å². The number of esters is 1. The summed E-state index contributed by atoms with van der Waals surface area (Å²) in [5.74, 6) is -0.605. The lowest BCUT2D eigenvalue weighted by Crippen LogP contribution is -2.18. The molecule has 1 aliphatic carbocycles. The molecule has 0 spiro atoms. The Morgan fingerprint density at radius 1 is 1.39 bits per heavy atom. The van der Waals surface area contributed by atoms with Crippen LogP contribution in [-0.4, -0.2) is 29.1 Å². The molecule has 1 fully saturated rings. The van der Waals surface area contributed by atoms with Crippen LogP contribution in [0.1, 0.15) is 35.6 Å². The van der Waals surface area contributed by atoms with Gasteiger partial charge in [-0.25, -0.2) is 4.79 Å². The Hall–Kier alpha value is -1.39. The highest BCUT2D eigenvalue weighted by Crippen LogP contribution is 2.35. The van der Waals surface area contributed by atoms with Gasteiger partial charge in [0.15, 0.2) is 6.10 Å². The second-order valence-corrected chi connectivity index (χ2v) is 5.09. The Labute approximate surface area is 106 Å². The zero-order valence-corrected chi connectivity index (χ0v) is 10.4. The summed E-state index contributed by atoms with van der Waals surface area (Å²) in [5, 5.41) is 9.82. The molecule has 3 rings (SSSR count). The molecule has 1 aromatic carbocycles. The van der Waals surface area contributed by atoms with Gasteiger partial charge in [-0.05, 0) is 29.5 Å². The molecule has 96 valence electrons. The number of carbonyl (C=O) groups is 1. The largest absolute Gasteiger partial charge is 0.467 e. The van der Waals surface area contributed by atoms with Crippen LogP contribution in [-0.2, 0) is 22.6 Å². The Morgan fingerprint density at radius 2 is 2.11 bits per heavy atom. The van der Waals surface area contributed by atoms with Crippen LogP contribution in [0.15, 0.2) is 18.2 Å². The van der Waals surface area contributed by atoms with E-state index in [-0.39, 0.29) is 0 Å². The molecule has 1 heterocycles. The summed E-state index contributed by atoms with van der Waals surface area (Å²) >= 11 is 0. The van der Waals surface area contributed by atoms with Gasteiger partial charge in [-0.2, -0.15) is 0 Å². The van der Waals surface area contributed by atoms with Crippen molar-refractivity contribution in [2.75, 3.05) is 7.11 Å². The van der Waals surface area contributed by atoms with Gasteiger partial charge >= 0.3 is 5.97 Å². The fraction of sp³-hybridized carbons (Fsp3) is 0.500. The summed E-state index contributed by atoms with van der Waals surface area (Å²) < 4.78 is 4.56. The van der Waals surface area contributed by atoms with Crippen LogP contribution in [0.25, 0.3) is 0 Å². The summed E-state index contributed by atoms with van der Waals surface area (Å²) in [5.41, 5.74) is 3.16. The Morgan fingerprint density at radius 3 is 2.78 bits per heavy atom. The van der Waals surface area contributed by atoms with Crippen molar-refractivity contribution in [1.29, 1.82) is 0 Å². The molecular formula is C14H17NO3. The van der Waals surface area contributed by atoms with Crippen molar-refractivity contribution in [3.05, 3.63) is 34.9 Å². The minimum absolute atomic E-state index is 0.605. The van der Waals surface area contributed by atoms with Gasteiger partial charge in [-0.3, -0.25) is 4.90 Å². The molecule has 0 amide bonds. The third-order valence-corrected chi connectivity index (χ3v) is 3.78. The van der Waals surface area contributed by atoms with Gasteiger partial charge < -0.3 is 9.84 Å². The van der Waals surface area contributed by atoms with Crippen molar-refractivity contribution in [3.8, 4) is 0 Å². The number of ether oxygens (including phenoxy) is 1. The van der Waals surface area contributed by atoms with Crippen molar-refractivity contribution >= 4 is 5.97 Å². The van der Waals surface area contributed by atoms with E-state index in [9.17, 15) is 9.90 Å². The van der Waals surface area contributed by atoms with E-state index in [1.807, 2.05) is 18.2 Å². The van der Waals surface area contributed by atoms with E-state index in [2.05, 4.69) is 9.64 Å². The van der Waals surface area contributed by atoms with Crippen LogP contribution in [0.3, 0.4) is 0 Å². The van der Waals surface area contributed by atoms with Crippen molar-refractivity contribution in [2.45, 2.75) is 38.1 Å². The summed E-state index contributed by atoms with van der Waals surface area (Å²) in [6.45, 7) is 1.93. The molecule has 1 aliphatic heterocycles. The zero-order valence-electron chi connectivity index (χ0n) is 10.4. The Balaban J connectivity index is 1.80. The van der Waals surface area contributed by atoms with E-state index in [4.69, 9.17) is 0 Å². The van der Waals surface area contributed by atoms with Gasteiger partial charge in [0, 0.05) is 19.1 Å². The molecule has 0 radical (unpaired) electrons. The number of nitrogens with zero attached hydrogens (tertiary/aromatic N) is 1. The van der Waals surface area contributed by atoms with Crippen molar-refractivity contribution in [3.63, 3.8) is 0 Å². The quantitative estimate of drug-likeness (QED) is 0.820. The van der Waals surface area contributed by atoms with Gasteiger partial charge in [-0.1, -0.05) is 18.2 Å².